The monoisotopic (exact) mass is 282 g/mol. The molecular formula is C13H12F2N2OS. The van der Waals surface area contributed by atoms with Crippen molar-refractivity contribution in [2.45, 2.75) is 26.2 Å². The van der Waals surface area contributed by atoms with Crippen LogP contribution in [0.2, 0.25) is 0 Å². The molecule has 0 saturated heterocycles. The fraction of sp³-hybridized carbons (Fsp3) is 0.308. The van der Waals surface area contributed by atoms with Crippen molar-refractivity contribution >= 4 is 17.3 Å². The third-order valence-electron chi connectivity index (χ3n) is 2.53. The van der Waals surface area contributed by atoms with E-state index in [1.807, 2.05) is 20.8 Å². The van der Waals surface area contributed by atoms with Gasteiger partial charge in [-0.1, -0.05) is 25.3 Å². The Kier molecular flexibility index (Phi) is 3.45. The molecule has 0 bridgehead atoms. The standard InChI is InChI=1S/C13H12F2N2OS/c1-13(2,3)12-11(19-17-16-12)10(18)7-4-8(14)6-9(15)5-7/h4-6H,1-3H3. The predicted octanol–water partition coefficient (Wildman–Crippen LogP) is 3.34. The fourth-order valence-electron chi connectivity index (χ4n) is 1.65. The highest BCUT2D eigenvalue weighted by atomic mass is 32.1. The van der Waals surface area contributed by atoms with E-state index in [9.17, 15) is 13.6 Å². The van der Waals surface area contributed by atoms with Crippen LogP contribution in [0.25, 0.3) is 0 Å². The van der Waals surface area contributed by atoms with E-state index in [1.54, 1.807) is 0 Å². The highest BCUT2D eigenvalue weighted by Crippen LogP contribution is 2.28. The van der Waals surface area contributed by atoms with Crippen molar-refractivity contribution in [2.24, 2.45) is 0 Å². The highest BCUT2D eigenvalue weighted by Gasteiger charge is 2.27. The molecule has 2 rings (SSSR count). The van der Waals surface area contributed by atoms with E-state index in [4.69, 9.17) is 0 Å². The summed E-state index contributed by atoms with van der Waals surface area (Å²) in [6.07, 6.45) is 0. The molecule has 1 heterocycles. The molecule has 2 aromatic rings. The van der Waals surface area contributed by atoms with Crippen LogP contribution >= 0.6 is 11.5 Å². The quantitative estimate of drug-likeness (QED) is 0.793. The molecule has 0 saturated carbocycles. The third kappa shape index (κ3) is 2.84. The predicted molar refractivity (Wildman–Crippen MR) is 68.4 cm³/mol. The Bertz CT molecular complexity index is 612. The topological polar surface area (TPSA) is 42.9 Å². The summed E-state index contributed by atoms with van der Waals surface area (Å²) in [4.78, 5) is 12.6. The summed E-state index contributed by atoms with van der Waals surface area (Å²) in [5, 5.41) is 3.94. The van der Waals surface area contributed by atoms with Crippen LogP contribution in [0.3, 0.4) is 0 Å². The maximum atomic E-state index is 13.1. The number of hydrogen-bond donors (Lipinski definition) is 0. The van der Waals surface area contributed by atoms with Crippen molar-refractivity contribution in [3.63, 3.8) is 0 Å². The molecule has 0 aliphatic carbocycles. The SMILES string of the molecule is CC(C)(C)c1nnsc1C(=O)c1cc(F)cc(F)c1. The molecular weight excluding hydrogens is 270 g/mol. The Labute approximate surface area is 113 Å². The molecule has 100 valence electrons. The van der Waals surface area contributed by atoms with Gasteiger partial charge in [0.15, 0.2) is 0 Å². The fourth-order valence-corrected chi connectivity index (χ4v) is 2.48. The van der Waals surface area contributed by atoms with E-state index in [0.29, 0.717) is 10.6 Å². The number of ketones is 1. The van der Waals surface area contributed by atoms with Crippen LogP contribution in [0.15, 0.2) is 18.2 Å². The smallest absolute Gasteiger partial charge is 0.206 e. The molecule has 0 unspecified atom stereocenters. The van der Waals surface area contributed by atoms with Gasteiger partial charge in [-0.25, -0.2) is 8.78 Å². The van der Waals surface area contributed by atoms with Crippen molar-refractivity contribution < 1.29 is 13.6 Å². The first-order valence-electron chi connectivity index (χ1n) is 5.62. The Morgan fingerprint density at radius 1 is 1.16 bits per heavy atom. The highest BCUT2D eigenvalue weighted by molar-refractivity contribution is 7.08. The van der Waals surface area contributed by atoms with Gasteiger partial charge in [-0.15, -0.1) is 5.10 Å². The van der Waals surface area contributed by atoms with Crippen molar-refractivity contribution in [1.82, 2.24) is 9.59 Å². The molecule has 0 N–H and O–H groups in total. The molecule has 0 radical (unpaired) electrons. The molecule has 1 aromatic carbocycles. The number of nitrogens with zero attached hydrogens (tertiary/aromatic N) is 2. The number of halogens is 2. The number of carbonyl (C=O) groups is 1. The van der Waals surface area contributed by atoms with Gasteiger partial charge in [0.1, 0.15) is 16.5 Å². The first kappa shape index (κ1) is 13.7. The van der Waals surface area contributed by atoms with Gasteiger partial charge in [-0.3, -0.25) is 4.79 Å². The normalized spacial score (nSPS) is 11.6. The van der Waals surface area contributed by atoms with Crippen LogP contribution in [0.5, 0.6) is 0 Å². The van der Waals surface area contributed by atoms with Crippen LogP contribution in [-0.2, 0) is 5.41 Å². The summed E-state index contributed by atoms with van der Waals surface area (Å²) in [5.74, 6) is -2.02. The van der Waals surface area contributed by atoms with E-state index in [2.05, 4.69) is 9.59 Å². The molecule has 6 heteroatoms. The molecule has 19 heavy (non-hydrogen) atoms. The van der Waals surface area contributed by atoms with Crippen molar-refractivity contribution in [2.75, 3.05) is 0 Å². The zero-order valence-electron chi connectivity index (χ0n) is 10.7. The van der Waals surface area contributed by atoms with E-state index in [0.717, 1.165) is 29.7 Å². The summed E-state index contributed by atoms with van der Waals surface area (Å²) >= 11 is 0.936. The number of hydrogen-bond acceptors (Lipinski definition) is 4. The zero-order chi connectivity index (χ0) is 14.2. The van der Waals surface area contributed by atoms with Gasteiger partial charge in [0.05, 0.1) is 5.69 Å². The lowest BCUT2D eigenvalue weighted by Gasteiger charge is -2.15. The first-order valence-corrected chi connectivity index (χ1v) is 6.40. The minimum Gasteiger partial charge on any atom is -0.288 e. The summed E-state index contributed by atoms with van der Waals surface area (Å²) in [7, 11) is 0. The number of aromatic nitrogens is 2. The van der Waals surface area contributed by atoms with Gasteiger partial charge in [-0.05, 0) is 23.7 Å². The number of carbonyl (C=O) groups excluding carboxylic acids is 1. The van der Waals surface area contributed by atoms with E-state index in [1.165, 1.54) is 0 Å². The summed E-state index contributed by atoms with van der Waals surface area (Å²) < 4.78 is 30.1. The van der Waals surface area contributed by atoms with Crippen molar-refractivity contribution in [3.8, 4) is 0 Å². The zero-order valence-corrected chi connectivity index (χ0v) is 11.5. The second kappa shape index (κ2) is 4.77. The molecule has 0 aliphatic rings. The van der Waals surface area contributed by atoms with Gasteiger partial charge >= 0.3 is 0 Å². The van der Waals surface area contributed by atoms with Gasteiger partial charge in [0.25, 0.3) is 0 Å². The minimum atomic E-state index is -0.780. The summed E-state index contributed by atoms with van der Waals surface area (Å²) in [5.41, 5.74) is 0.144. The van der Waals surface area contributed by atoms with Gasteiger partial charge in [-0.2, -0.15) is 0 Å². The third-order valence-corrected chi connectivity index (χ3v) is 3.25. The van der Waals surface area contributed by atoms with Crippen LogP contribution in [0.4, 0.5) is 8.78 Å². The Hall–Kier alpha value is -1.69. The second-order valence-electron chi connectivity index (χ2n) is 5.19. The molecule has 0 aliphatic heterocycles. The van der Waals surface area contributed by atoms with Crippen LogP contribution in [0.1, 0.15) is 41.7 Å². The van der Waals surface area contributed by atoms with Gasteiger partial charge in [0, 0.05) is 17.0 Å². The minimum absolute atomic E-state index is 0.0333. The second-order valence-corrected chi connectivity index (χ2v) is 5.94. The van der Waals surface area contributed by atoms with Crippen LogP contribution < -0.4 is 0 Å². The molecule has 0 spiro atoms. The Balaban J connectivity index is 2.48. The van der Waals surface area contributed by atoms with Crippen molar-refractivity contribution in [3.05, 3.63) is 46.0 Å². The van der Waals surface area contributed by atoms with E-state index < -0.39 is 17.4 Å². The Morgan fingerprint density at radius 3 is 2.26 bits per heavy atom. The molecule has 0 amide bonds. The van der Waals surface area contributed by atoms with E-state index in [-0.39, 0.29) is 11.0 Å². The van der Waals surface area contributed by atoms with Gasteiger partial charge < -0.3 is 0 Å². The lowest BCUT2D eigenvalue weighted by Crippen LogP contribution is -2.16. The maximum Gasteiger partial charge on any atom is 0.206 e. The number of benzene rings is 1. The Morgan fingerprint density at radius 2 is 1.74 bits per heavy atom. The lowest BCUT2D eigenvalue weighted by atomic mass is 9.90. The van der Waals surface area contributed by atoms with E-state index >= 15 is 0 Å². The average molecular weight is 282 g/mol. The summed E-state index contributed by atoms with van der Waals surface area (Å²) in [6, 6.07) is 2.75. The van der Waals surface area contributed by atoms with Crippen molar-refractivity contribution in [1.29, 1.82) is 0 Å². The van der Waals surface area contributed by atoms with Crippen LogP contribution in [0, 0.1) is 11.6 Å². The van der Waals surface area contributed by atoms with Gasteiger partial charge in [0.2, 0.25) is 5.78 Å². The van der Waals surface area contributed by atoms with Crippen LogP contribution in [-0.4, -0.2) is 15.4 Å². The lowest BCUT2D eigenvalue weighted by molar-refractivity contribution is 0.103. The largest absolute Gasteiger partial charge is 0.288 e. The molecule has 1 aromatic heterocycles. The molecule has 0 atom stereocenters. The number of rotatable bonds is 2. The maximum absolute atomic E-state index is 13.1. The molecule has 3 nitrogen and oxygen atoms in total. The molecule has 0 fully saturated rings. The first-order chi connectivity index (χ1) is 8.79. The average Bonchev–Trinajstić information content (AvgIpc) is 2.74. The summed E-state index contributed by atoms with van der Waals surface area (Å²) in [6.45, 7) is 5.69.